The lowest BCUT2D eigenvalue weighted by Gasteiger charge is -2.29. The number of urea groups is 1. The van der Waals surface area contributed by atoms with Crippen molar-refractivity contribution >= 4 is 17.5 Å². The number of nitrogens with zero attached hydrogens (tertiary/aromatic N) is 2. The first-order valence-electron chi connectivity index (χ1n) is 7.21. The third kappa shape index (κ3) is 4.87. The summed E-state index contributed by atoms with van der Waals surface area (Å²) in [5.74, 6) is 0.778. The number of carbonyl (C=O) groups excluding carboxylic acids is 1. The average Bonchev–Trinajstić information content (AvgIpc) is 2.53. The summed E-state index contributed by atoms with van der Waals surface area (Å²) in [6.07, 6.45) is 1.73. The molecule has 0 aromatic carbocycles. The SMILES string of the molecule is CCOCCNC(=O)Nc1cccnc1N1CCOCC1. The Bertz CT molecular complexity index is 450. The first-order chi connectivity index (χ1) is 10.3. The molecule has 1 saturated heterocycles. The van der Waals surface area contributed by atoms with Crippen LogP contribution in [0.1, 0.15) is 6.92 Å². The van der Waals surface area contributed by atoms with Gasteiger partial charge in [-0.25, -0.2) is 9.78 Å². The van der Waals surface area contributed by atoms with E-state index in [1.807, 2.05) is 13.0 Å². The number of pyridine rings is 1. The number of morpholine rings is 1. The van der Waals surface area contributed by atoms with E-state index in [2.05, 4.69) is 20.5 Å². The molecule has 0 radical (unpaired) electrons. The van der Waals surface area contributed by atoms with Crippen molar-refractivity contribution in [2.45, 2.75) is 6.92 Å². The van der Waals surface area contributed by atoms with E-state index >= 15 is 0 Å². The van der Waals surface area contributed by atoms with E-state index in [9.17, 15) is 4.79 Å². The second-order valence-corrected chi connectivity index (χ2v) is 4.55. The molecule has 2 amide bonds. The van der Waals surface area contributed by atoms with E-state index < -0.39 is 0 Å². The largest absolute Gasteiger partial charge is 0.380 e. The van der Waals surface area contributed by atoms with E-state index in [0.29, 0.717) is 38.7 Å². The number of carbonyl (C=O) groups is 1. The Morgan fingerprint density at radius 2 is 2.29 bits per heavy atom. The fourth-order valence-corrected chi connectivity index (χ4v) is 2.07. The molecular formula is C14H22N4O3. The molecule has 0 bridgehead atoms. The monoisotopic (exact) mass is 294 g/mol. The number of ether oxygens (including phenoxy) is 2. The summed E-state index contributed by atoms with van der Waals surface area (Å²) >= 11 is 0. The molecule has 116 valence electrons. The summed E-state index contributed by atoms with van der Waals surface area (Å²) in [5.41, 5.74) is 0.702. The van der Waals surface area contributed by atoms with Gasteiger partial charge in [0, 0.05) is 32.4 Å². The topological polar surface area (TPSA) is 75.7 Å². The van der Waals surface area contributed by atoms with Crippen LogP contribution in [0, 0.1) is 0 Å². The zero-order valence-corrected chi connectivity index (χ0v) is 12.3. The van der Waals surface area contributed by atoms with Crippen LogP contribution in [0.2, 0.25) is 0 Å². The van der Waals surface area contributed by atoms with Crippen LogP contribution in [0.5, 0.6) is 0 Å². The Morgan fingerprint density at radius 3 is 3.05 bits per heavy atom. The molecule has 2 rings (SSSR count). The van der Waals surface area contributed by atoms with E-state index in [1.165, 1.54) is 0 Å². The Morgan fingerprint density at radius 1 is 1.48 bits per heavy atom. The molecule has 1 aliphatic heterocycles. The number of hydrogen-bond acceptors (Lipinski definition) is 5. The minimum atomic E-state index is -0.253. The van der Waals surface area contributed by atoms with Crippen LogP contribution in [0.25, 0.3) is 0 Å². The Kier molecular flexibility index (Phi) is 6.23. The minimum Gasteiger partial charge on any atom is -0.380 e. The number of nitrogens with one attached hydrogen (secondary N) is 2. The van der Waals surface area contributed by atoms with Gasteiger partial charge in [0.05, 0.1) is 25.5 Å². The van der Waals surface area contributed by atoms with Crippen LogP contribution in [0.4, 0.5) is 16.3 Å². The first kappa shape index (κ1) is 15.5. The molecule has 7 nitrogen and oxygen atoms in total. The quantitative estimate of drug-likeness (QED) is 0.768. The van der Waals surface area contributed by atoms with Crippen molar-refractivity contribution in [3.05, 3.63) is 18.3 Å². The number of amides is 2. The Balaban J connectivity index is 1.91. The second-order valence-electron chi connectivity index (χ2n) is 4.55. The molecule has 0 spiro atoms. The highest BCUT2D eigenvalue weighted by molar-refractivity contribution is 5.92. The fourth-order valence-electron chi connectivity index (χ4n) is 2.07. The van der Waals surface area contributed by atoms with Gasteiger partial charge in [0.25, 0.3) is 0 Å². The average molecular weight is 294 g/mol. The predicted molar refractivity (Wildman–Crippen MR) is 80.8 cm³/mol. The number of rotatable bonds is 6. The van der Waals surface area contributed by atoms with Gasteiger partial charge >= 0.3 is 6.03 Å². The van der Waals surface area contributed by atoms with Gasteiger partial charge in [-0.05, 0) is 19.1 Å². The van der Waals surface area contributed by atoms with Crippen molar-refractivity contribution in [2.24, 2.45) is 0 Å². The van der Waals surface area contributed by atoms with Crippen LogP contribution in [-0.4, -0.2) is 57.1 Å². The normalized spacial score (nSPS) is 14.8. The highest BCUT2D eigenvalue weighted by Gasteiger charge is 2.16. The molecule has 1 aliphatic rings. The molecule has 0 unspecified atom stereocenters. The molecule has 0 atom stereocenters. The Labute approximate surface area is 124 Å². The third-order valence-corrected chi connectivity index (χ3v) is 3.08. The highest BCUT2D eigenvalue weighted by atomic mass is 16.5. The van der Waals surface area contributed by atoms with Crippen molar-refractivity contribution in [1.82, 2.24) is 10.3 Å². The van der Waals surface area contributed by atoms with Gasteiger partial charge in [0.15, 0.2) is 5.82 Å². The summed E-state index contributed by atoms with van der Waals surface area (Å²) < 4.78 is 10.5. The van der Waals surface area contributed by atoms with Crippen molar-refractivity contribution < 1.29 is 14.3 Å². The molecule has 1 aromatic rings. The molecule has 0 aliphatic carbocycles. The van der Waals surface area contributed by atoms with Crippen LogP contribution in [0.3, 0.4) is 0 Å². The van der Waals surface area contributed by atoms with E-state index in [0.717, 1.165) is 18.9 Å². The van der Waals surface area contributed by atoms with Crippen molar-refractivity contribution in [3.8, 4) is 0 Å². The number of aromatic nitrogens is 1. The van der Waals surface area contributed by atoms with Gasteiger partial charge in [-0.15, -0.1) is 0 Å². The zero-order valence-electron chi connectivity index (χ0n) is 12.3. The predicted octanol–water partition coefficient (Wildman–Crippen LogP) is 1.08. The molecule has 7 heteroatoms. The molecule has 0 saturated carbocycles. The zero-order chi connectivity index (χ0) is 14.9. The maximum atomic E-state index is 11.9. The third-order valence-electron chi connectivity index (χ3n) is 3.08. The van der Waals surface area contributed by atoms with E-state index in [1.54, 1.807) is 12.3 Å². The van der Waals surface area contributed by atoms with Crippen LogP contribution in [-0.2, 0) is 9.47 Å². The van der Waals surface area contributed by atoms with Crippen LogP contribution in [0.15, 0.2) is 18.3 Å². The van der Waals surface area contributed by atoms with E-state index in [4.69, 9.17) is 9.47 Å². The standard InChI is InChI=1S/C14H22N4O3/c1-2-20-9-6-16-14(19)17-12-4-3-5-15-13(12)18-7-10-21-11-8-18/h3-5H,2,6-11H2,1H3,(H2,16,17,19). The van der Waals surface area contributed by atoms with Crippen LogP contribution < -0.4 is 15.5 Å². The van der Waals surface area contributed by atoms with E-state index in [-0.39, 0.29) is 6.03 Å². The lowest BCUT2D eigenvalue weighted by Crippen LogP contribution is -2.38. The number of hydrogen-bond donors (Lipinski definition) is 2. The second kappa shape index (κ2) is 8.43. The summed E-state index contributed by atoms with van der Waals surface area (Å²) in [4.78, 5) is 18.3. The molecule has 2 N–H and O–H groups in total. The van der Waals surface area contributed by atoms with Crippen molar-refractivity contribution in [3.63, 3.8) is 0 Å². The molecule has 1 fully saturated rings. The summed E-state index contributed by atoms with van der Waals surface area (Å²) in [6, 6.07) is 3.40. The van der Waals surface area contributed by atoms with Gasteiger partial charge in [0.1, 0.15) is 0 Å². The maximum absolute atomic E-state index is 11.9. The highest BCUT2D eigenvalue weighted by Crippen LogP contribution is 2.23. The molecule has 21 heavy (non-hydrogen) atoms. The van der Waals surface area contributed by atoms with Gasteiger partial charge in [-0.3, -0.25) is 0 Å². The van der Waals surface area contributed by atoms with Crippen molar-refractivity contribution in [2.75, 3.05) is 56.3 Å². The van der Waals surface area contributed by atoms with Gasteiger partial charge < -0.3 is 25.0 Å². The Hall–Kier alpha value is -1.86. The maximum Gasteiger partial charge on any atom is 0.319 e. The summed E-state index contributed by atoms with van der Waals surface area (Å²) in [5, 5.41) is 5.58. The summed E-state index contributed by atoms with van der Waals surface area (Å²) in [7, 11) is 0. The van der Waals surface area contributed by atoms with Gasteiger partial charge in [-0.2, -0.15) is 0 Å². The fraction of sp³-hybridized carbons (Fsp3) is 0.571. The summed E-state index contributed by atoms with van der Waals surface area (Å²) in [6.45, 7) is 6.46. The van der Waals surface area contributed by atoms with Crippen molar-refractivity contribution in [1.29, 1.82) is 0 Å². The molecule has 1 aromatic heterocycles. The number of anilines is 2. The minimum absolute atomic E-state index is 0.253. The first-order valence-corrected chi connectivity index (χ1v) is 7.21. The molecular weight excluding hydrogens is 272 g/mol. The molecule has 2 heterocycles. The smallest absolute Gasteiger partial charge is 0.319 e. The van der Waals surface area contributed by atoms with Crippen LogP contribution >= 0.6 is 0 Å². The van der Waals surface area contributed by atoms with Gasteiger partial charge in [0.2, 0.25) is 0 Å². The van der Waals surface area contributed by atoms with Gasteiger partial charge in [-0.1, -0.05) is 0 Å². The lowest BCUT2D eigenvalue weighted by molar-refractivity contribution is 0.122. The lowest BCUT2D eigenvalue weighted by atomic mass is 10.3.